The quantitative estimate of drug-likeness (QED) is 0.872. The number of benzene rings is 1. The molecule has 6 nitrogen and oxygen atoms in total. The van der Waals surface area contributed by atoms with Crippen LogP contribution < -0.4 is 5.73 Å². The number of nitrogen functional groups attached to an aromatic ring is 1. The average Bonchev–Trinajstić information content (AvgIpc) is 2.97. The van der Waals surface area contributed by atoms with E-state index in [0.717, 1.165) is 48.6 Å². The summed E-state index contributed by atoms with van der Waals surface area (Å²) in [4.78, 5) is 0. The number of hydrogen-bond donors (Lipinski definition) is 1. The van der Waals surface area contributed by atoms with Crippen molar-refractivity contribution in [1.82, 2.24) is 20.2 Å². The van der Waals surface area contributed by atoms with Crippen molar-refractivity contribution >= 4 is 5.69 Å². The molecule has 1 unspecified atom stereocenters. The van der Waals surface area contributed by atoms with E-state index in [1.54, 1.807) is 0 Å². The van der Waals surface area contributed by atoms with Crippen molar-refractivity contribution in [2.24, 2.45) is 0 Å². The molecule has 1 aromatic heterocycles. The number of aromatic nitrogens is 4. The van der Waals surface area contributed by atoms with Gasteiger partial charge < -0.3 is 10.5 Å². The Kier molecular flexibility index (Phi) is 4.15. The molecule has 1 fully saturated rings. The SMILES string of the molecule is Cc1cccc(-c2nnnn2CCC2CCCCO2)c1N. The molecular formula is C15H21N5O. The van der Waals surface area contributed by atoms with Gasteiger partial charge in [-0.1, -0.05) is 12.1 Å². The molecule has 1 saturated heterocycles. The van der Waals surface area contributed by atoms with Crippen LogP contribution in [0.1, 0.15) is 31.2 Å². The molecule has 0 spiro atoms. The van der Waals surface area contributed by atoms with Crippen LogP contribution in [-0.4, -0.2) is 32.9 Å². The number of aryl methyl sites for hydroxylation is 2. The van der Waals surface area contributed by atoms with Crippen LogP contribution in [0.15, 0.2) is 18.2 Å². The lowest BCUT2D eigenvalue weighted by molar-refractivity contribution is 0.00828. The second-order valence-electron chi connectivity index (χ2n) is 5.54. The average molecular weight is 287 g/mol. The first-order valence-corrected chi connectivity index (χ1v) is 7.49. The zero-order valence-corrected chi connectivity index (χ0v) is 12.3. The largest absolute Gasteiger partial charge is 0.398 e. The van der Waals surface area contributed by atoms with Crippen LogP contribution in [0.4, 0.5) is 5.69 Å². The maximum atomic E-state index is 6.15. The molecule has 2 N–H and O–H groups in total. The summed E-state index contributed by atoms with van der Waals surface area (Å²) >= 11 is 0. The summed E-state index contributed by atoms with van der Waals surface area (Å²) in [6.07, 6.45) is 4.81. The smallest absolute Gasteiger partial charge is 0.184 e. The number of nitrogens with zero attached hydrogens (tertiary/aromatic N) is 4. The fourth-order valence-corrected chi connectivity index (χ4v) is 2.73. The maximum absolute atomic E-state index is 6.15. The minimum absolute atomic E-state index is 0.325. The van der Waals surface area contributed by atoms with Gasteiger partial charge in [0.1, 0.15) is 0 Å². The Balaban J connectivity index is 1.76. The summed E-state index contributed by atoms with van der Waals surface area (Å²) in [6.45, 7) is 3.61. The molecular weight excluding hydrogens is 266 g/mol. The summed E-state index contributed by atoms with van der Waals surface area (Å²) in [5.41, 5.74) is 8.82. The monoisotopic (exact) mass is 287 g/mol. The lowest BCUT2D eigenvalue weighted by Gasteiger charge is -2.22. The van der Waals surface area contributed by atoms with E-state index in [1.165, 1.54) is 12.8 Å². The van der Waals surface area contributed by atoms with Gasteiger partial charge in [0.15, 0.2) is 5.82 Å². The van der Waals surface area contributed by atoms with Gasteiger partial charge in [-0.3, -0.25) is 0 Å². The normalized spacial score (nSPS) is 18.8. The Morgan fingerprint density at radius 3 is 3.10 bits per heavy atom. The number of anilines is 1. The summed E-state index contributed by atoms with van der Waals surface area (Å²) in [5, 5.41) is 12.0. The topological polar surface area (TPSA) is 78.8 Å². The van der Waals surface area contributed by atoms with Gasteiger partial charge in [-0.2, -0.15) is 0 Å². The maximum Gasteiger partial charge on any atom is 0.184 e. The molecule has 2 heterocycles. The fourth-order valence-electron chi connectivity index (χ4n) is 2.73. The van der Waals surface area contributed by atoms with Crippen LogP contribution in [0.25, 0.3) is 11.4 Å². The number of rotatable bonds is 4. The molecule has 3 rings (SSSR count). The molecule has 0 radical (unpaired) electrons. The zero-order valence-electron chi connectivity index (χ0n) is 12.3. The third kappa shape index (κ3) is 3.05. The highest BCUT2D eigenvalue weighted by Crippen LogP contribution is 2.26. The first-order valence-electron chi connectivity index (χ1n) is 7.49. The molecule has 1 aromatic carbocycles. The number of nitrogens with two attached hydrogens (primary N) is 1. The Labute approximate surface area is 124 Å². The van der Waals surface area contributed by atoms with Crippen LogP contribution >= 0.6 is 0 Å². The van der Waals surface area contributed by atoms with E-state index in [2.05, 4.69) is 15.5 Å². The summed E-state index contributed by atoms with van der Waals surface area (Å²) < 4.78 is 7.58. The Morgan fingerprint density at radius 1 is 1.38 bits per heavy atom. The van der Waals surface area contributed by atoms with Gasteiger partial charge in [0, 0.05) is 24.4 Å². The molecule has 1 aliphatic rings. The molecule has 0 saturated carbocycles. The standard InChI is InChI=1S/C15H21N5O/c1-11-5-4-7-13(14(11)16)15-17-18-19-20(15)9-8-12-6-2-3-10-21-12/h4-5,7,12H,2-3,6,8-10,16H2,1H3. The number of ether oxygens (including phenoxy) is 1. The molecule has 0 amide bonds. The van der Waals surface area contributed by atoms with E-state index in [0.29, 0.717) is 6.10 Å². The molecule has 6 heteroatoms. The van der Waals surface area contributed by atoms with E-state index in [-0.39, 0.29) is 0 Å². The lowest BCUT2D eigenvalue weighted by Crippen LogP contribution is -2.21. The van der Waals surface area contributed by atoms with Crippen LogP contribution in [0.5, 0.6) is 0 Å². The fraction of sp³-hybridized carbons (Fsp3) is 0.533. The van der Waals surface area contributed by atoms with Gasteiger partial charge >= 0.3 is 0 Å². The van der Waals surface area contributed by atoms with Crippen molar-refractivity contribution in [3.63, 3.8) is 0 Å². The lowest BCUT2D eigenvalue weighted by atomic mass is 10.1. The molecule has 0 bridgehead atoms. The van der Waals surface area contributed by atoms with Crippen molar-refractivity contribution < 1.29 is 4.74 Å². The van der Waals surface area contributed by atoms with Gasteiger partial charge in [0.05, 0.1) is 6.10 Å². The molecule has 1 aliphatic heterocycles. The highest BCUT2D eigenvalue weighted by Gasteiger charge is 2.17. The van der Waals surface area contributed by atoms with Crippen molar-refractivity contribution in [3.05, 3.63) is 23.8 Å². The predicted molar refractivity (Wildman–Crippen MR) is 80.6 cm³/mol. The van der Waals surface area contributed by atoms with Gasteiger partial charge in [-0.25, -0.2) is 4.68 Å². The van der Waals surface area contributed by atoms with E-state index in [9.17, 15) is 0 Å². The van der Waals surface area contributed by atoms with Gasteiger partial charge in [-0.05, 0) is 54.7 Å². The van der Waals surface area contributed by atoms with Crippen LogP contribution in [0.3, 0.4) is 0 Å². The number of hydrogen-bond acceptors (Lipinski definition) is 5. The first kappa shape index (κ1) is 14.0. The van der Waals surface area contributed by atoms with Gasteiger partial charge in [0.25, 0.3) is 0 Å². The Morgan fingerprint density at radius 2 is 2.29 bits per heavy atom. The predicted octanol–water partition coefficient (Wildman–Crippen LogP) is 2.19. The van der Waals surface area contributed by atoms with Crippen LogP contribution in [-0.2, 0) is 11.3 Å². The minimum Gasteiger partial charge on any atom is -0.398 e. The van der Waals surface area contributed by atoms with Gasteiger partial charge in [0.2, 0.25) is 0 Å². The Hall–Kier alpha value is -1.95. The van der Waals surface area contributed by atoms with E-state index < -0.39 is 0 Å². The van der Waals surface area contributed by atoms with Gasteiger partial charge in [-0.15, -0.1) is 5.10 Å². The third-order valence-electron chi connectivity index (χ3n) is 4.03. The van der Waals surface area contributed by atoms with Crippen molar-refractivity contribution in [3.8, 4) is 11.4 Å². The molecule has 0 aliphatic carbocycles. The third-order valence-corrected chi connectivity index (χ3v) is 4.03. The van der Waals surface area contributed by atoms with Crippen molar-refractivity contribution in [2.45, 2.75) is 45.3 Å². The highest BCUT2D eigenvalue weighted by molar-refractivity contribution is 5.73. The van der Waals surface area contributed by atoms with Crippen LogP contribution in [0.2, 0.25) is 0 Å². The minimum atomic E-state index is 0.325. The second kappa shape index (κ2) is 6.22. The van der Waals surface area contributed by atoms with Crippen molar-refractivity contribution in [2.75, 3.05) is 12.3 Å². The van der Waals surface area contributed by atoms with Crippen LogP contribution in [0, 0.1) is 6.92 Å². The molecule has 1 atom stereocenters. The summed E-state index contributed by atoms with van der Waals surface area (Å²) in [6, 6.07) is 5.93. The first-order chi connectivity index (χ1) is 10.3. The van der Waals surface area contributed by atoms with E-state index in [1.807, 2.05) is 29.8 Å². The summed E-state index contributed by atoms with van der Waals surface area (Å²) in [7, 11) is 0. The second-order valence-corrected chi connectivity index (χ2v) is 5.54. The molecule has 112 valence electrons. The van der Waals surface area contributed by atoms with E-state index >= 15 is 0 Å². The number of para-hydroxylation sites is 1. The Bertz CT molecular complexity index is 604. The zero-order chi connectivity index (χ0) is 14.7. The highest BCUT2D eigenvalue weighted by atomic mass is 16.5. The molecule has 21 heavy (non-hydrogen) atoms. The number of tetrazole rings is 1. The van der Waals surface area contributed by atoms with Crippen molar-refractivity contribution in [1.29, 1.82) is 0 Å². The molecule has 2 aromatic rings. The van der Waals surface area contributed by atoms with E-state index in [4.69, 9.17) is 10.5 Å². The summed E-state index contributed by atoms with van der Waals surface area (Å²) in [5.74, 6) is 0.729.